The number of hydrogen-bond donors (Lipinski definition) is 1. The topological polar surface area (TPSA) is 79.5 Å². The summed E-state index contributed by atoms with van der Waals surface area (Å²) in [4.78, 5) is 33.6. The Morgan fingerprint density at radius 2 is 2.15 bits per heavy atom. The second-order valence-electron chi connectivity index (χ2n) is 8.07. The van der Waals surface area contributed by atoms with Crippen LogP contribution in [0.5, 0.6) is 0 Å². The highest BCUT2D eigenvalue weighted by molar-refractivity contribution is 5.87. The van der Waals surface area contributed by atoms with E-state index >= 15 is 0 Å². The zero-order valence-corrected chi connectivity index (χ0v) is 15.3. The Morgan fingerprint density at radius 3 is 2.85 bits per heavy atom. The van der Waals surface area contributed by atoms with Crippen LogP contribution in [0.25, 0.3) is 0 Å². The van der Waals surface area contributed by atoms with Crippen molar-refractivity contribution in [3.8, 4) is 0 Å². The lowest BCUT2D eigenvalue weighted by Crippen LogP contribution is -2.64. The number of hydrogen-bond acceptors (Lipinski definition) is 4. The predicted octanol–water partition coefficient (Wildman–Crippen LogP) is 1.34. The molecule has 1 aliphatic carbocycles. The van der Waals surface area contributed by atoms with Gasteiger partial charge in [-0.1, -0.05) is 6.07 Å². The lowest BCUT2D eigenvalue weighted by molar-refractivity contribution is -0.148. The lowest BCUT2D eigenvalue weighted by Gasteiger charge is -2.49. The van der Waals surface area contributed by atoms with Crippen LogP contribution in [-0.4, -0.2) is 57.8 Å². The number of amides is 2. The van der Waals surface area contributed by atoms with E-state index in [1.807, 2.05) is 28.0 Å². The Balaban J connectivity index is 1.39. The molecular formula is C20H28N4O2. The molecule has 2 amide bonds. The smallest absolute Gasteiger partial charge is 0.242 e. The first-order chi connectivity index (χ1) is 12.6. The molecule has 6 nitrogen and oxygen atoms in total. The first-order valence-corrected chi connectivity index (χ1v) is 9.84. The monoisotopic (exact) mass is 356 g/mol. The summed E-state index contributed by atoms with van der Waals surface area (Å²) in [6.45, 7) is 2.17. The first kappa shape index (κ1) is 17.5. The number of piperidine rings is 2. The van der Waals surface area contributed by atoms with Gasteiger partial charge < -0.3 is 15.5 Å². The number of aromatic nitrogens is 1. The van der Waals surface area contributed by atoms with Crippen molar-refractivity contribution in [2.24, 2.45) is 11.7 Å². The third-order valence-corrected chi connectivity index (χ3v) is 6.44. The summed E-state index contributed by atoms with van der Waals surface area (Å²) in [5.74, 6) is 0.744. The van der Waals surface area contributed by atoms with Gasteiger partial charge in [-0.25, -0.2) is 0 Å². The maximum atomic E-state index is 12.7. The van der Waals surface area contributed by atoms with E-state index in [4.69, 9.17) is 5.73 Å². The summed E-state index contributed by atoms with van der Waals surface area (Å²) in [7, 11) is 0. The average molecular weight is 356 g/mol. The van der Waals surface area contributed by atoms with Crippen LogP contribution >= 0.6 is 0 Å². The van der Waals surface area contributed by atoms with Crippen molar-refractivity contribution in [3.05, 3.63) is 30.1 Å². The lowest BCUT2D eigenvalue weighted by atomic mass is 9.75. The standard InChI is InChI=1S/C20H28N4O2/c21-20(9-3-10-20)19(26)23-12-8-17-15(14-23)5-6-18(25)24(17)13-7-16-4-1-2-11-22-16/h1-2,4,11,15,17H,3,5-10,12-14,21H2/t15-,17+/m0/s1. The molecule has 1 aromatic rings. The summed E-state index contributed by atoms with van der Waals surface area (Å²) in [5, 5.41) is 0. The van der Waals surface area contributed by atoms with E-state index in [0.717, 1.165) is 50.8 Å². The number of nitrogens with zero attached hydrogens (tertiary/aromatic N) is 3. The molecule has 2 aliphatic heterocycles. The molecule has 26 heavy (non-hydrogen) atoms. The fourth-order valence-corrected chi connectivity index (χ4v) is 4.69. The third kappa shape index (κ3) is 3.22. The van der Waals surface area contributed by atoms with Gasteiger partial charge in [0.2, 0.25) is 11.8 Å². The van der Waals surface area contributed by atoms with E-state index in [0.29, 0.717) is 25.4 Å². The van der Waals surface area contributed by atoms with E-state index in [9.17, 15) is 9.59 Å². The van der Waals surface area contributed by atoms with E-state index in [1.165, 1.54) is 0 Å². The quantitative estimate of drug-likeness (QED) is 0.883. The maximum Gasteiger partial charge on any atom is 0.242 e. The van der Waals surface area contributed by atoms with Crippen molar-refractivity contribution in [3.63, 3.8) is 0 Å². The van der Waals surface area contributed by atoms with E-state index in [-0.39, 0.29) is 17.9 Å². The van der Waals surface area contributed by atoms with Gasteiger partial charge >= 0.3 is 0 Å². The van der Waals surface area contributed by atoms with Crippen molar-refractivity contribution in [1.29, 1.82) is 0 Å². The Kier molecular flexibility index (Phi) is 4.69. The minimum absolute atomic E-state index is 0.124. The Morgan fingerprint density at radius 1 is 1.31 bits per heavy atom. The molecule has 2 saturated heterocycles. The second kappa shape index (κ2) is 6.99. The molecule has 0 unspecified atom stereocenters. The number of carbonyl (C=O) groups excluding carboxylic acids is 2. The van der Waals surface area contributed by atoms with Gasteiger partial charge in [-0.15, -0.1) is 0 Å². The number of carbonyl (C=O) groups is 2. The van der Waals surface area contributed by atoms with Gasteiger partial charge in [0.25, 0.3) is 0 Å². The van der Waals surface area contributed by atoms with Gasteiger partial charge in [-0.3, -0.25) is 14.6 Å². The van der Waals surface area contributed by atoms with Gasteiger partial charge in [0.15, 0.2) is 0 Å². The minimum Gasteiger partial charge on any atom is -0.341 e. The molecule has 2 N–H and O–H groups in total. The largest absolute Gasteiger partial charge is 0.341 e. The van der Waals surface area contributed by atoms with Crippen molar-refractivity contribution in [2.75, 3.05) is 19.6 Å². The Labute approximate surface area is 154 Å². The molecule has 3 fully saturated rings. The summed E-state index contributed by atoms with van der Waals surface area (Å²) in [6, 6.07) is 6.15. The van der Waals surface area contributed by atoms with E-state index in [2.05, 4.69) is 4.98 Å². The number of nitrogens with two attached hydrogens (primary N) is 1. The normalized spacial score (nSPS) is 27.7. The fourth-order valence-electron chi connectivity index (χ4n) is 4.69. The van der Waals surface area contributed by atoms with Crippen LogP contribution in [0, 0.1) is 5.92 Å². The maximum absolute atomic E-state index is 12.7. The highest BCUT2D eigenvalue weighted by Gasteiger charge is 2.46. The molecular weight excluding hydrogens is 328 g/mol. The van der Waals surface area contributed by atoms with E-state index < -0.39 is 5.54 Å². The molecule has 6 heteroatoms. The highest BCUT2D eigenvalue weighted by Crippen LogP contribution is 2.35. The summed E-state index contributed by atoms with van der Waals surface area (Å²) >= 11 is 0. The van der Waals surface area contributed by atoms with Crippen molar-refractivity contribution >= 4 is 11.8 Å². The van der Waals surface area contributed by atoms with E-state index in [1.54, 1.807) is 6.20 Å². The van der Waals surface area contributed by atoms with Gasteiger partial charge in [0.05, 0.1) is 5.54 Å². The highest BCUT2D eigenvalue weighted by atomic mass is 16.2. The summed E-state index contributed by atoms with van der Waals surface area (Å²) in [6.07, 6.45) is 7.58. The molecule has 0 radical (unpaired) electrons. The van der Waals surface area contributed by atoms with Crippen LogP contribution in [0.1, 0.15) is 44.2 Å². The molecule has 0 aromatic carbocycles. The molecule has 3 aliphatic rings. The minimum atomic E-state index is -0.615. The van der Waals surface area contributed by atoms with Crippen LogP contribution in [0.4, 0.5) is 0 Å². The molecule has 1 saturated carbocycles. The molecule has 0 bridgehead atoms. The zero-order chi connectivity index (χ0) is 18.1. The second-order valence-corrected chi connectivity index (χ2v) is 8.07. The van der Waals surface area contributed by atoms with Crippen LogP contribution < -0.4 is 5.73 Å². The molecule has 1 aromatic heterocycles. The molecule has 140 valence electrons. The first-order valence-electron chi connectivity index (χ1n) is 9.84. The van der Waals surface area contributed by atoms with Crippen molar-refractivity contribution in [1.82, 2.24) is 14.8 Å². The number of fused-ring (bicyclic) bond motifs is 1. The summed E-state index contributed by atoms with van der Waals surface area (Å²) in [5.41, 5.74) is 6.65. The van der Waals surface area contributed by atoms with Crippen LogP contribution in [0.2, 0.25) is 0 Å². The molecule has 0 spiro atoms. The summed E-state index contributed by atoms with van der Waals surface area (Å²) < 4.78 is 0. The number of pyridine rings is 1. The Hall–Kier alpha value is -1.95. The fraction of sp³-hybridized carbons (Fsp3) is 0.650. The van der Waals surface area contributed by atoms with Crippen LogP contribution in [-0.2, 0) is 16.0 Å². The predicted molar refractivity (Wildman–Crippen MR) is 98.1 cm³/mol. The Bertz CT molecular complexity index is 674. The van der Waals surface area contributed by atoms with Gasteiger partial charge in [0.1, 0.15) is 0 Å². The number of rotatable bonds is 4. The molecule has 2 atom stereocenters. The number of likely N-dealkylation sites (tertiary alicyclic amines) is 2. The van der Waals surface area contributed by atoms with Gasteiger partial charge in [0, 0.05) is 50.4 Å². The van der Waals surface area contributed by atoms with Crippen molar-refractivity contribution < 1.29 is 9.59 Å². The van der Waals surface area contributed by atoms with Gasteiger partial charge in [-0.2, -0.15) is 0 Å². The van der Waals surface area contributed by atoms with Crippen molar-refractivity contribution in [2.45, 2.75) is 56.5 Å². The third-order valence-electron chi connectivity index (χ3n) is 6.44. The van der Waals surface area contributed by atoms with Gasteiger partial charge in [-0.05, 0) is 50.2 Å². The SMILES string of the molecule is NC1(C(=O)N2CC[C@@H]3[C@@H](CCC(=O)N3CCc3ccccn3)C2)CCC1. The van der Waals surface area contributed by atoms with Crippen LogP contribution in [0.3, 0.4) is 0 Å². The molecule has 4 rings (SSSR count). The zero-order valence-electron chi connectivity index (χ0n) is 15.3. The average Bonchev–Trinajstić information content (AvgIpc) is 2.65. The van der Waals surface area contributed by atoms with Crippen LogP contribution in [0.15, 0.2) is 24.4 Å². The molecule has 3 heterocycles.